The molecular formula is C12H18N4S. The van der Waals surface area contributed by atoms with Gasteiger partial charge in [0, 0.05) is 24.5 Å². The van der Waals surface area contributed by atoms with Crippen LogP contribution in [-0.4, -0.2) is 15.0 Å². The quantitative estimate of drug-likeness (QED) is 0.856. The van der Waals surface area contributed by atoms with E-state index in [4.69, 9.17) is 0 Å². The third kappa shape index (κ3) is 3.14. The van der Waals surface area contributed by atoms with Crippen LogP contribution >= 0.6 is 11.3 Å². The molecule has 0 saturated carbocycles. The number of rotatable bonds is 6. The Morgan fingerprint density at radius 2 is 2.41 bits per heavy atom. The predicted molar refractivity (Wildman–Crippen MR) is 69.8 cm³/mol. The molecule has 0 amide bonds. The van der Waals surface area contributed by atoms with Crippen LogP contribution in [0.15, 0.2) is 23.7 Å². The SMILES string of the molecule is CCCC(NCc1cnnn1C)c1cccs1. The fourth-order valence-corrected chi connectivity index (χ4v) is 2.66. The van der Waals surface area contributed by atoms with Crippen LogP contribution in [0.25, 0.3) is 0 Å². The smallest absolute Gasteiger partial charge is 0.0738 e. The molecule has 4 nitrogen and oxygen atoms in total. The van der Waals surface area contributed by atoms with Crippen molar-refractivity contribution in [1.82, 2.24) is 20.3 Å². The van der Waals surface area contributed by atoms with Crippen molar-refractivity contribution in [2.24, 2.45) is 7.05 Å². The highest BCUT2D eigenvalue weighted by Gasteiger charge is 2.11. The van der Waals surface area contributed by atoms with Crippen LogP contribution in [0.2, 0.25) is 0 Å². The van der Waals surface area contributed by atoms with Gasteiger partial charge < -0.3 is 5.32 Å². The Morgan fingerprint density at radius 3 is 3.00 bits per heavy atom. The first kappa shape index (κ1) is 12.3. The lowest BCUT2D eigenvalue weighted by atomic mass is 10.1. The van der Waals surface area contributed by atoms with Gasteiger partial charge in [-0.1, -0.05) is 24.6 Å². The van der Waals surface area contributed by atoms with Gasteiger partial charge in [0.15, 0.2) is 0 Å². The zero-order valence-electron chi connectivity index (χ0n) is 10.3. The summed E-state index contributed by atoms with van der Waals surface area (Å²) in [5, 5.41) is 13.5. The Morgan fingerprint density at radius 1 is 1.53 bits per heavy atom. The average molecular weight is 250 g/mol. The topological polar surface area (TPSA) is 42.7 Å². The van der Waals surface area contributed by atoms with Gasteiger partial charge in [0.2, 0.25) is 0 Å². The molecule has 0 bridgehead atoms. The van der Waals surface area contributed by atoms with Crippen molar-refractivity contribution in [1.29, 1.82) is 0 Å². The van der Waals surface area contributed by atoms with Crippen molar-refractivity contribution in [2.45, 2.75) is 32.4 Å². The van der Waals surface area contributed by atoms with Crippen molar-refractivity contribution >= 4 is 11.3 Å². The van der Waals surface area contributed by atoms with Crippen LogP contribution in [0, 0.1) is 0 Å². The molecule has 2 heterocycles. The molecule has 0 aliphatic rings. The van der Waals surface area contributed by atoms with Gasteiger partial charge in [0.1, 0.15) is 0 Å². The molecule has 92 valence electrons. The number of thiophene rings is 1. The summed E-state index contributed by atoms with van der Waals surface area (Å²) in [6.07, 6.45) is 4.15. The standard InChI is InChI=1S/C12H18N4S/c1-3-5-11(12-6-4-7-17-12)13-8-10-9-14-15-16(10)2/h4,6-7,9,11,13H,3,5,8H2,1-2H3. The Hall–Kier alpha value is -1.20. The summed E-state index contributed by atoms with van der Waals surface area (Å²) in [5.74, 6) is 0. The lowest BCUT2D eigenvalue weighted by Gasteiger charge is -2.16. The van der Waals surface area contributed by atoms with E-state index in [0.717, 1.165) is 18.7 Å². The molecule has 17 heavy (non-hydrogen) atoms. The molecule has 0 saturated heterocycles. The first-order chi connectivity index (χ1) is 8.31. The maximum atomic E-state index is 3.93. The van der Waals surface area contributed by atoms with E-state index in [1.807, 2.05) is 29.3 Å². The van der Waals surface area contributed by atoms with Gasteiger partial charge >= 0.3 is 0 Å². The maximum absolute atomic E-state index is 3.93. The molecule has 0 aliphatic heterocycles. The van der Waals surface area contributed by atoms with Crippen LogP contribution in [0.4, 0.5) is 0 Å². The van der Waals surface area contributed by atoms with E-state index in [1.54, 1.807) is 0 Å². The Balaban J connectivity index is 1.97. The molecule has 5 heteroatoms. The molecule has 1 N–H and O–H groups in total. The normalized spacial score (nSPS) is 12.8. The van der Waals surface area contributed by atoms with Crippen LogP contribution in [0.5, 0.6) is 0 Å². The first-order valence-electron chi connectivity index (χ1n) is 5.91. The van der Waals surface area contributed by atoms with Crippen LogP contribution < -0.4 is 5.32 Å². The van der Waals surface area contributed by atoms with E-state index < -0.39 is 0 Å². The molecule has 0 spiro atoms. The fourth-order valence-electron chi connectivity index (χ4n) is 1.82. The minimum absolute atomic E-state index is 0.440. The zero-order valence-corrected chi connectivity index (χ0v) is 11.1. The molecule has 0 radical (unpaired) electrons. The zero-order chi connectivity index (χ0) is 12.1. The van der Waals surface area contributed by atoms with Crippen molar-refractivity contribution in [3.63, 3.8) is 0 Å². The predicted octanol–water partition coefficient (Wildman–Crippen LogP) is 2.51. The number of nitrogens with zero attached hydrogens (tertiary/aromatic N) is 3. The van der Waals surface area contributed by atoms with Crippen molar-refractivity contribution in [2.75, 3.05) is 0 Å². The molecule has 2 rings (SSSR count). The summed E-state index contributed by atoms with van der Waals surface area (Å²) in [7, 11) is 1.92. The minimum atomic E-state index is 0.440. The van der Waals surface area contributed by atoms with Gasteiger partial charge in [-0.25, -0.2) is 0 Å². The van der Waals surface area contributed by atoms with E-state index >= 15 is 0 Å². The molecular weight excluding hydrogens is 232 g/mol. The third-order valence-electron chi connectivity index (χ3n) is 2.80. The molecule has 0 aromatic carbocycles. The average Bonchev–Trinajstić information content (AvgIpc) is 2.96. The molecule has 0 aliphatic carbocycles. The number of hydrogen-bond acceptors (Lipinski definition) is 4. The number of aromatic nitrogens is 3. The fraction of sp³-hybridized carbons (Fsp3) is 0.500. The van der Waals surface area contributed by atoms with Crippen molar-refractivity contribution in [3.05, 3.63) is 34.3 Å². The number of hydrogen-bond donors (Lipinski definition) is 1. The van der Waals surface area contributed by atoms with E-state index in [0.29, 0.717) is 6.04 Å². The number of aryl methyl sites for hydroxylation is 1. The highest BCUT2D eigenvalue weighted by Crippen LogP contribution is 2.23. The second-order valence-electron chi connectivity index (χ2n) is 4.09. The third-order valence-corrected chi connectivity index (χ3v) is 3.79. The lowest BCUT2D eigenvalue weighted by Crippen LogP contribution is -2.21. The summed E-state index contributed by atoms with van der Waals surface area (Å²) >= 11 is 1.81. The summed E-state index contributed by atoms with van der Waals surface area (Å²) in [5.41, 5.74) is 1.11. The first-order valence-corrected chi connectivity index (χ1v) is 6.79. The molecule has 1 unspecified atom stereocenters. The van der Waals surface area contributed by atoms with Gasteiger partial charge in [-0.3, -0.25) is 4.68 Å². The number of nitrogens with one attached hydrogen (secondary N) is 1. The van der Waals surface area contributed by atoms with Crippen LogP contribution in [0.3, 0.4) is 0 Å². The van der Waals surface area contributed by atoms with E-state index in [9.17, 15) is 0 Å². The van der Waals surface area contributed by atoms with Gasteiger partial charge in [0.25, 0.3) is 0 Å². The Kier molecular flexibility index (Phi) is 4.28. The molecule has 1 atom stereocenters. The van der Waals surface area contributed by atoms with Gasteiger partial charge in [0.05, 0.1) is 11.9 Å². The summed E-state index contributed by atoms with van der Waals surface area (Å²) in [4.78, 5) is 1.40. The Bertz CT molecular complexity index is 435. The van der Waals surface area contributed by atoms with Gasteiger partial charge in [-0.05, 0) is 17.9 Å². The van der Waals surface area contributed by atoms with Crippen molar-refractivity contribution < 1.29 is 0 Å². The highest BCUT2D eigenvalue weighted by atomic mass is 32.1. The Labute approximate surface area is 106 Å². The van der Waals surface area contributed by atoms with Crippen LogP contribution in [0.1, 0.15) is 36.4 Å². The minimum Gasteiger partial charge on any atom is -0.304 e. The maximum Gasteiger partial charge on any atom is 0.0738 e. The summed E-state index contributed by atoms with van der Waals surface area (Å²) in [6, 6.07) is 4.74. The largest absolute Gasteiger partial charge is 0.304 e. The lowest BCUT2D eigenvalue weighted by molar-refractivity contribution is 0.487. The molecule has 2 aromatic rings. The summed E-state index contributed by atoms with van der Waals surface area (Å²) < 4.78 is 1.81. The second kappa shape index (κ2) is 5.93. The monoisotopic (exact) mass is 250 g/mol. The van der Waals surface area contributed by atoms with E-state index in [1.165, 1.54) is 11.3 Å². The van der Waals surface area contributed by atoms with Gasteiger partial charge in [-0.15, -0.1) is 16.4 Å². The summed E-state index contributed by atoms with van der Waals surface area (Å²) in [6.45, 7) is 3.03. The van der Waals surface area contributed by atoms with E-state index in [-0.39, 0.29) is 0 Å². The van der Waals surface area contributed by atoms with E-state index in [2.05, 4.69) is 40.1 Å². The highest BCUT2D eigenvalue weighted by molar-refractivity contribution is 7.10. The van der Waals surface area contributed by atoms with Crippen molar-refractivity contribution in [3.8, 4) is 0 Å². The van der Waals surface area contributed by atoms with Crippen LogP contribution in [-0.2, 0) is 13.6 Å². The van der Waals surface area contributed by atoms with Gasteiger partial charge in [-0.2, -0.15) is 0 Å². The second-order valence-corrected chi connectivity index (χ2v) is 5.07. The molecule has 2 aromatic heterocycles. The molecule has 0 fully saturated rings.